The van der Waals surface area contributed by atoms with Crippen LogP contribution in [0.15, 0.2) is 66.0 Å². The molecule has 226 valence electrons. The van der Waals surface area contributed by atoms with Gasteiger partial charge in [0.05, 0.1) is 49.9 Å². The highest BCUT2D eigenvalue weighted by Crippen LogP contribution is 2.41. The topological polar surface area (TPSA) is 99.7 Å². The number of hydrogen-bond acceptors (Lipinski definition) is 9. The van der Waals surface area contributed by atoms with Gasteiger partial charge in [0.1, 0.15) is 12.2 Å². The number of ether oxygens (including phenoxy) is 2. The van der Waals surface area contributed by atoms with Crippen molar-refractivity contribution in [3.8, 4) is 21.6 Å². The van der Waals surface area contributed by atoms with Gasteiger partial charge in [-0.2, -0.15) is 16.9 Å². The van der Waals surface area contributed by atoms with Crippen molar-refractivity contribution in [2.24, 2.45) is 4.99 Å². The number of thiophene rings is 1. The van der Waals surface area contributed by atoms with E-state index < -0.39 is 0 Å². The molecule has 0 aliphatic rings. The molecule has 2 aromatic carbocycles. The van der Waals surface area contributed by atoms with E-state index in [1.165, 1.54) is 17.2 Å². The maximum atomic E-state index is 12.0. The number of carbonyl (C=O) groups excluding carboxylic acids is 1. The number of rotatable bonds is 12. The Kier molecular flexibility index (Phi) is 8.91. The standard InChI is InChI=1S/C32H33N7O3S2/c1-37(2)19-34-32-33-17-26-30(36-32)25(18-38(26)10-9-29(40)41-3)22-13-23-16-35-39(20-42-11-12-43-4)31(23)24(14-22)28-15-21-7-5-6-8-27(21)44-28/h5-8,13-19H,9-12,20H2,1-4H3/b34-19+. The second-order valence-electron chi connectivity index (χ2n) is 10.5. The molecule has 0 spiro atoms. The van der Waals surface area contributed by atoms with Crippen LogP contribution in [-0.4, -0.2) is 81.3 Å². The molecule has 10 nitrogen and oxygen atoms in total. The summed E-state index contributed by atoms with van der Waals surface area (Å²) in [6, 6.07) is 15.0. The highest BCUT2D eigenvalue weighted by molar-refractivity contribution is 7.98. The van der Waals surface area contributed by atoms with Gasteiger partial charge in [-0.1, -0.05) is 18.2 Å². The average molecular weight is 628 g/mol. The van der Waals surface area contributed by atoms with E-state index >= 15 is 0 Å². The molecule has 4 aromatic heterocycles. The number of nitrogens with zero attached hydrogens (tertiary/aromatic N) is 7. The van der Waals surface area contributed by atoms with Crippen LogP contribution in [0.5, 0.6) is 0 Å². The molecule has 0 amide bonds. The van der Waals surface area contributed by atoms with Gasteiger partial charge in [0, 0.05) is 58.7 Å². The van der Waals surface area contributed by atoms with E-state index in [0.717, 1.165) is 49.3 Å². The fraction of sp³-hybridized carbons (Fsp3) is 0.281. The molecule has 4 heterocycles. The Morgan fingerprint density at radius 2 is 2.00 bits per heavy atom. The fourth-order valence-electron chi connectivity index (χ4n) is 5.08. The van der Waals surface area contributed by atoms with Crippen molar-refractivity contribution in [1.29, 1.82) is 0 Å². The molecule has 0 saturated heterocycles. The lowest BCUT2D eigenvalue weighted by Crippen LogP contribution is -2.07. The number of thioether (sulfide) groups is 1. The second kappa shape index (κ2) is 13.2. The van der Waals surface area contributed by atoms with Crippen LogP contribution in [0.1, 0.15) is 6.42 Å². The minimum absolute atomic E-state index is 0.232. The molecule has 6 aromatic rings. The van der Waals surface area contributed by atoms with Crippen LogP contribution in [0.4, 0.5) is 5.95 Å². The first-order valence-corrected chi connectivity index (χ1v) is 16.3. The largest absolute Gasteiger partial charge is 0.469 e. The lowest BCUT2D eigenvalue weighted by atomic mass is 10.0. The third kappa shape index (κ3) is 6.19. The van der Waals surface area contributed by atoms with Gasteiger partial charge < -0.3 is 18.9 Å². The van der Waals surface area contributed by atoms with Crippen molar-refractivity contribution in [3.05, 3.63) is 61.1 Å². The minimum Gasteiger partial charge on any atom is -0.469 e. The summed E-state index contributed by atoms with van der Waals surface area (Å²) >= 11 is 3.51. The summed E-state index contributed by atoms with van der Waals surface area (Å²) < 4.78 is 16.0. The van der Waals surface area contributed by atoms with Crippen LogP contribution in [0, 0.1) is 0 Å². The molecule has 0 atom stereocenters. The third-order valence-corrected chi connectivity index (χ3v) is 8.90. The number of fused-ring (bicyclic) bond motifs is 3. The second-order valence-corrected chi connectivity index (χ2v) is 12.5. The van der Waals surface area contributed by atoms with Gasteiger partial charge in [0.2, 0.25) is 0 Å². The lowest BCUT2D eigenvalue weighted by Gasteiger charge is -2.10. The van der Waals surface area contributed by atoms with E-state index in [4.69, 9.17) is 19.6 Å². The molecule has 12 heteroatoms. The molecule has 0 bridgehead atoms. The summed E-state index contributed by atoms with van der Waals surface area (Å²) in [4.78, 5) is 28.8. The maximum Gasteiger partial charge on any atom is 0.307 e. The molecule has 0 aliphatic heterocycles. The van der Waals surface area contributed by atoms with Gasteiger partial charge in [0.25, 0.3) is 5.95 Å². The van der Waals surface area contributed by atoms with Gasteiger partial charge >= 0.3 is 5.97 Å². The van der Waals surface area contributed by atoms with Gasteiger partial charge in [-0.25, -0.2) is 19.6 Å². The van der Waals surface area contributed by atoms with Gasteiger partial charge in [-0.05, 0) is 41.5 Å². The molecule has 0 N–H and O–H groups in total. The highest BCUT2D eigenvalue weighted by Gasteiger charge is 2.19. The number of aliphatic imine (C=N–C) groups is 1. The summed E-state index contributed by atoms with van der Waals surface area (Å²) in [6.07, 6.45) is 9.68. The number of esters is 1. The Labute approximate surface area is 263 Å². The maximum absolute atomic E-state index is 12.0. The predicted molar refractivity (Wildman–Crippen MR) is 180 cm³/mol. The predicted octanol–water partition coefficient (Wildman–Crippen LogP) is 6.45. The van der Waals surface area contributed by atoms with Gasteiger partial charge in [0.15, 0.2) is 0 Å². The number of carbonyl (C=O) groups is 1. The highest BCUT2D eigenvalue weighted by atomic mass is 32.2. The fourth-order valence-corrected chi connectivity index (χ4v) is 6.45. The molecule has 0 fully saturated rings. The monoisotopic (exact) mass is 627 g/mol. The summed E-state index contributed by atoms with van der Waals surface area (Å²) in [5, 5.41) is 6.93. The normalized spacial score (nSPS) is 11.8. The molecule has 0 saturated carbocycles. The quantitative estimate of drug-likeness (QED) is 0.0661. The number of hydrogen-bond donors (Lipinski definition) is 0. The van der Waals surface area contributed by atoms with E-state index in [1.807, 2.05) is 40.6 Å². The zero-order chi connectivity index (χ0) is 30.6. The van der Waals surface area contributed by atoms with Crippen molar-refractivity contribution in [2.45, 2.75) is 19.7 Å². The molecule has 0 radical (unpaired) electrons. The Morgan fingerprint density at radius 3 is 2.80 bits per heavy atom. The van der Waals surface area contributed by atoms with E-state index in [-0.39, 0.29) is 12.4 Å². The number of benzene rings is 2. The molecular formula is C32H33N7O3S2. The third-order valence-electron chi connectivity index (χ3n) is 7.18. The number of aromatic nitrogens is 5. The Hall–Kier alpha value is -4.26. The van der Waals surface area contributed by atoms with Gasteiger partial charge in [-0.3, -0.25) is 4.79 Å². The number of aryl methyl sites for hydroxylation is 1. The van der Waals surface area contributed by atoms with Crippen molar-refractivity contribution in [1.82, 2.24) is 29.2 Å². The van der Waals surface area contributed by atoms with Crippen LogP contribution in [-0.2, 0) is 27.5 Å². The number of methoxy groups -OCH3 is 1. The summed E-state index contributed by atoms with van der Waals surface area (Å²) in [6.45, 7) is 1.46. The zero-order valence-corrected chi connectivity index (χ0v) is 26.7. The van der Waals surface area contributed by atoms with Crippen LogP contribution in [0.3, 0.4) is 0 Å². The van der Waals surface area contributed by atoms with Gasteiger partial charge in [-0.15, -0.1) is 11.3 Å². The molecule has 6 rings (SSSR count). The van der Waals surface area contributed by atoms with Crippen LogP contribution >= 0.6 is 23.1 Å². The lowest BCUT2D eigenvalue weighted by molar-refractivity contribution is -0.140. The summed E-state index contributed by atoms with van der Waals surface area (Å²) in [5.74, 6) is 1.01. The molecule has 0 aliphatic carbocycles. The molecule has 44 heavy (non-hydrogen) atoms. The van der Waals surface area contributed by atoms with E-state index in [9.17, 15) is 4.79 Å². The van der Waals surface area contributed by atoms with Crippen molar-refractivity contribution >= 4 is 73.4 Å². The van der Waals surface area contributed by atoms with Crippen LogP contribution < -0.4 is 0 Å². The average Bonchev–Trinajstić information content (AvgIpc) is 3.75. The zero-order valence-electron chi connectivity index (χ0n) is 25.1. The summed E-state index contributed by atoms with van der Waals surface area (Å²) in [7, 11) is 5.20. The Bertz CT molecular complexity index is 1940. The molecule has 0 unspecified atom stereocenters. The molecular weight excluding hydrogens is 595 g/mol. The SMILES string of the molecule is COC(=O)CCn1cc(-c2cc(-c3cc4ccccc4s3)c3c(cnn3COCCSC)c2)c2nc(/N=C/N(C)C)ncc21. The smallest absolute Gasteiger partial charge is 0.307 e. The van der Waals surface area contributed by atoms with E-state index in [0.29, 0.717) is 25.8 Å². The Balaban J connectivity index is 1.53. The minimum atomic E-state index is -0.276. The van der Waals surface area contributed by atoms with Crippen molar-refractivity contribution in [2.75, 3.05) is 39.8 Å². The first kappa shape index (κ1) is 29.8. The van der Waals surface area contributed by atoms with E-state index in [2.05, 4.69) is 58.7 Å². The Morgan fingerprint density at radius 1 is 1.14 bits per heavy atom. The van der Waals surface area contributed by atoms with Crippen LogP contribution in [0.25, 0.3) is 53.6 Å². The summed E-state index contributed by atoms with van der Waals surface area (Å²) in [5.41, 5.74) is 5.56. The van der Waals surface area contributed by atoms with E-state index in [1.54, 1.807) is 35.6 Å². The first-order valence-electron chi connectivity index (χ1n) is 14.1. The van der Waals surface area contributed by atoms with Crippen LogP contribution in [0.2, 0.25) is 0 Å². The first-order chi connectivity index (χ1) is 21.4. The van der Waals surface area contributed by atoms with Crippen molar-refractivity contribution < 1.29 is 14.3 Å². The van der Waals surface area contributed by atoms with Crippen molar-refractivity contribution in [3.63, 3.8) is 0 Å².